The molecule has 0 amide bonds. The Bertz CT molecular complexity index is 344. The van der Waals surface area contributed by atoms with Gasteiger partial charge in [0.1, 0.15) is 5.82 Å². The lowest BCUT2D eigenvalue weighted by atomic mass is 10.1. The van der Waals surface area contributed by atoms with E-state index >= 15 is 0 Å². The van der Waals surface area contributed by atoms with Crippen LogP contribution in [0.25, 0.3) is 0 Å². The molecule has 2 N–H and O–H groups in total. The molecule has 2 rings (SSSR count). The number of aryl methyl sites for hydroxylation is 1. The van der Waals surface area contributed by atoms with Gasteiger partial charge in [0.05, 0.1) is 31.1 Å². The maximum absolute atomic E-state index is 5.89. The zero-order chi connectivity index (χ0) is 11.5. The van der Waals surface area contributed by atoms with Crippen molar-refractivity contribution >= 4 is 0 Å². The predicted octanol–water partition coefficient (Wildman–Crippen LogP) is 0.0605. The van der Waals surface area contributed by atoms with E-state index < -0.39 is 0 Å². The third kappa shape index (κ3) is 2.11. The van der Waals surface area contributed by atoms with Gasteiger partial charge in [0.15, 0.2) is 0 Å². The van der Waals surface area contributed by atoms with E-state index in [1.54, 1.807) is 0 Å². The molecule has 0 aliphatic carbocycles. The Hall–Kier alpha value is -0.910. The number of morpholine rings is 1. The fraction of sp³-hybridized carbons (Fsp3) is 0.727. The summed E-state index contributed by atoms with van der Waals surface area (Å²) < 4.78 is 7.48. The Balaban J connectivity index is 2.18. The molecule has 5 heteroatoms. The summed E-state index contributed by atoms with van der Waals surface area (Å²) in [6, 6.07) is 0.259. The molecule has 16 heavy (non-hydrogen) atoms. The highest BCUT2D eigenvalue weighted by atomic mass is 16.5. The van der Waals surface area contributed by atoms with Crippen LogP contribution < -0.4 is 5.73 Å². The minimum atomic E-state index is 0.259. The standard InChI is InChI=1S/C11H20N4O/c1-9-13-8-11(14(9)2)10(7-12)15-3-5-16-6-4-15/h8,10H,3-7,12H2,1-2H3. The second-order valence-electron chi connectivity index (χ2n) is 4.19. The number of imidazole rings is 1. The molecule has 2 heterocycles. The zero-order valence-corrected chi connectivity index (χ0v) is 10.0. The first-order valence-electron chi connectivity index (χ1n) is 5.74. The highest BCUT2D eigenvalue weighted by molar-refractivity contribution is 5.10. The number of aromatic nitrogens is 2. The van der Waals surface area contributed by atoms with Gasteiger partial charge in [-0.2, -0.15) is 0 Å². The van der Waals surface area contributed by atoms with Crippen LogP contribution in [0.4, 0.5) is 0 Å². The van der Waals surface area contributed by atoms with E-state index in [1.165, 1.54) is 5.69 Å². The largest absolute Gasteiger partial charge is 0.379 e. The van der Waals surface area contributed by atoms with Gasteiger partial charge in [-0.15, -0.1) is 0 Å². The highest BCUT2D eigenvalue weighted by Crippen LogP contribution is 2.20. The Kier molecular flexibility index (Phi) is 3.58. The van der Waals surface area contributed by atoms with E-state index in [9.17, 15) is 0 Å². The van der Waals surface area contributed by atoms with Crippen LogP contribution in [0.3, 0.4) is 0 Å². The lowest BCUT2D eigenvalue weighted by Gasteiger charge is -2.33. The Morgan fingerprint density at radius 1 is 1.50 bits per heavy atom. The number of nitrogens with two attached hydrogens (primary N) is 1. The van der Waals surface area contributed by atoms with Crippen LogP contribution in [0.2, 0.25) is 0 Å². The van der Waals surface area contributed by atoms with Crippen molar-refractivity contribution < 1.29 is 4.74 Å². The molecule has 0 spiro atoms. The van der Waals surface area contributed by atoms with Crippen LogP contribution in [-0.4, -0.2) is 47.3 Å². The summed E-state index contributed by atoms with van der Waals surface area (Å²) >= 11 is 0. The Morgan fingerprint density at radius 2 is 2.19 bits per heavy atom. The maximum Gasteiger partial charge on any atom is 0.105 e. The van der Waals surface area contributed by atoms with Crippen molar-refractivity contribution in [2.24, 2.45) is 12.8 Å². The molecule has 90 valence electrons. The van der Waals surface area contributed by atoms with Crippen molar-refractivity contribution in [3.8, 4) is 0 Å². The van der Waals surface area contributed by atoms with Gasteiger partial charge < -0.3 is 15.0 Å². The lowest BCUT2D eigenvalue weighted by molar-refractivity contribution is 0.0165. The van der Waals surface area contributed by atoms with Crippen LogP contribution >= 0.6 is 0 Å². The average Bonchev–Trinajstić information content (AvgIpc) is 2.64. The molecular formula is C11H20N4O. The monoisotopic (exact) mass is 224 g/mol. The summed E-state index contributed by atoms with van der Waals surface area (Å²) in [4.78, 5) is 6.70. The first-order valence-corrected chi connectivity index (χ1v) is 5.74. The second-order valence-corrected chi connectivity index (χ2v) is 4.19. The van der Waals surface area contributed by atoms with Crippen molar-refractivity contribution in [3.63, 3.8) is 0 Å². The second kappa shape index (κ2) is 4.95. The first kappa shape index (κ1) is 11.6. The minimum Gasteiger partial charge on any atom is -0.379 e. The van der Waals surface area contributed by atoms with Gasteiger partial charge in [-0.1, -0.05) is 0 Å². The molecule has 1 atom stereocenters. The normalized spacial score (nSPS) is 19.9. The molecule has 1 fully saturated rings. The fourth-order valence-corrected chi connectivity index (χ4v) is 2.18. The Morgan fingerprint density at radius 3 is 2.69 bits per heavy atom. The van der Waals surface area contributed by atoms with Crippen molar-refractivity contribution in [2.75, 3.05) is 32.8 Å². The van der Waals surface area contributed by atoms with E-state index in [2.05, 4.69) is 14.5 Å². The summed E-state index contributed by atoms with van der Waals surface area (Å²) in [5, 5.41) is 0. The maximum atomic E-state index is 5.89. The van der Waals surface area contributed by atoms with Gasteiger partial charge in [0.2, 0.25) is 0 Å². The highest BCUT2D eigenvalue weighted by Gasteiger charge is 2.23. The third-order valence-corrected chi connectivity index (χ3v) is 3.31. The van der Waals surface area contributed by atoms with Crippen molar-refractivity contribution in [3.05, 3.63) is 17.7 Å². The summed E-state index contributed by atoms with van der Waals surface area (Å²) in [6.45, 7) is 6.13. The van der Waals surface area contributed by atoms with Crippen LogP contribution in [0.15, 0.2) is 6.20 Å². The lowest BCUT2D eigenvalue weighted by Crippen LogP contribution is -2.42. The first-order chi connectivity index (χ1) is 7.74. The molecule has 5 nitrogen and oxygen atoms in total. The van der Waals surface area contributed by atoms with E-state index in [0.29, 0.717) is 6.54 Å². The van der Waals surface area contributed by atoms with E-state index in [0.717, 1.165) is 32.1 Å². The summed E-state index contributed by atoms with van der Waals surface area (Å²) in [5.74, 6) is 1.03. The predicted molar refractivity (Wildman–Crippen MR) is 62.1 cm³/mol. The molecule has 1 saturated heterocycles. The average molecular weight is 224 g/mol. The molecule has 0 aromatic carbocycles. The smallest absolute Gasteiger partial charge is 0.105 e. The fourth-order valence-electron chi connectivity index (χ4n) is 2.18. The molecule has 1 aromatic heterocycles. The van der Waals surface area contributed by atoms with Crippen LogP contribution in [-0.2, 0) is 11.8 Å². The van der Waals surface area contributed by atoms with E-state index in [-0.39, 0.29) is 6.04 Å². The van der Waals surface area contributed by atoms with Crippen molar-refractivity contribution in [1.29, 1.82) is 0 Å². The van der Waals surface area contributed by atoms with Crippen molar-refractivity contribution in [1.82, 2.24) is 14.5 Å². The van der Waals surface area contributed by atoms with Gasteiger partial charge in [-0.3, -0.25) is 4.90 Å². The van der Waals surface area contributed by atoms with Crippen molar-refractivity contribution in [2.45, 2.75) is 13.0 Å². The molecule has 1 aliphatic rings. The minimum absolute atomic E-state index is 0.259. The van der Waals surface area contributed by atoms with Gasteiger partial charge in [0.25, 0.3) is 0 Å². The molecule has 0 saturated carbocycles. The van der Waals surface area contributed by atoms with Gasteiger partial charge in [-0.25, -0.2) is 4.98 Å². The number of hydrogen-bond donors (Lipinski definition) is 1. The van der Waals surface area contributed by atoms with E-state index in [1.807, 2.05) is 20.2 Å². The van der Waals surface area contributed by atoms with Gasteiger partial charge >= 0.3 is 0 Å². The topological polar surface area (TPSA) is 56.3 Å². The summed E-state index contributed by atoms with van der Waals surface area (Å²) in [5.41, 5.74) is 7.09. The quantitative estimate of drug-likeness (QED) is 0.789. The molecular weight excluding hydrogens is 204 g/mol. The Labute approximate surface area is 96.2 Å². The summed E-state index contributed by atoms with van der Waals surface area (Å²) in [7, 11) is 2.04. The van der Waals surface area contributed by atoms with Gasteiger partial charge in [0, 0.05) is 26.7 Å². The van der Waals surface area contributed by atoms with Crippen LogP contribution in [0, 0.1) is 6.92 Å². The molecule has 0 radical (unpaired) electrons. The molecule has 1 unspecified atom stereocenters. The molecule has 0 bridgehead atoms. The molecule has 1 aliphatic heterocycles. The number of ether oxygens (including phenoxy) is 1. The molecule has 1 aromatic rings. The van der Waals surface area contributed by atoms with Crippen LogP contribution in [0.1, 0.15) is 17.6 Å². The van der Waals surface area contributed by atoms with Gasteiger partial charge in [-0.05, 0) is 6.92 Å². The number of hydrogen-bond acceptors (Lipinski definition) is 4. The number of nitrogens with zero attached hydrogens (tertiary/aromatic N) is 3. The number of rotatable bonds is 3. The third-order valence-electron chi connectivity index (χ3n) is 3.31. The zero-order valence-electron chi connectivity index (χ0n) is 10.0. The van der Waals surface area contributed by atoms with Crippen LogP contribution in [0.5, 0.6) is 0 Å². The van der Waals surface area contributed by atoms with E-state index in [4.69, 9.17) is 10.5 Å². The SMILES string of the molecule is Cc1ncc(C(CN)N2CCOCC2)n1C. The summed E-state index contributed by atoms with van der Waals surface area (Å²) in [6.07, 6.45) is 1.93.